The van der Waals surface area contributed by atoms with E-state index in [0.29, 0.717) is 29.4 Å². The van der Waals surface area contributed by atoms with Gasteiger partial charge in [0, 0.05) is 18.1 Å². The molecule has 0 aliphatic carbocycles. The SMILES string of the molecule is CC(C)(O)c1ccc2c(OCc3ccccc3)c(N(C=O)c3cccnc3)n(Cc3ccc(F)cc3)c2c1. The van der Waals surface area contributed by atoms with Gasteiger partial charge in [0.25, 0.3) is 0 Å². The maximum Gasteiger partial charge on any atom is 0.220 e. The summed E-state index contributed by atoms with van der Waals surface area (Å²) in [5, 5.41) is 11.5. The number of fused-ring (bicyclic) bond motifs is 1. The average Bonchev–Trinajstić information content (AvgIpc) is 3.22. The number of amides is 1. The van der Waals surface area contributed by atoms with E-state index in [-0.39, 0.29) is 12.4 Å². The van der Waals surface area contributed by atoms with Gasteiger partial charge in [-0.3, -0.25) is 14.7 Å². The number of carbonyl (C=O) groups excluding carboxylic acids is 1. The monoisotopic (exact) mass is 509 g/mol. The van der Waals surface area contributed by atoms with Gasteiger partial charge in [-0.15, -0.1) is 0 Å². The zero-order chi connectivity index (χ0) is 26.7. The predicted octanol–water partition coefficient (Wildman–Crippen LogP) is 6.32. The van der Waals surface area contributed by atoms with Gasteiger partial charge in [0.1, 0.15) is 12.4 Å². The number of hydrogen-bond acceptors (Lipinski definition) is 4. The molecule has 0 aliphatic heterocycles. The lowest BCUT2D eigenvalue weighted by molar-refractivity contribution is -0.106. The Labute approximate surface area is 220 Å². The second-order valence-electron chi connectivity index (χ2n) is 9.62. The first kappa shape index (κ1) is 25.2. The smallest absolute Gasteiger partial charge is 0.220 e. The maximum atomic E-state index is 13.7. The minimum Gasteiger partial charge on any atom is -0.484 e. The van der Waals surface area contributed by atoms with Crippen molar-refractivity contribution < 1.29 is 19.0 Å². The molecule has 0 saturated heterocycles. The summed E-state index contributed by atoms with van der Waals surface area (Å²) < 4.78 is 22.1. The van der Waals surface area contributed by atoms with Crippen molar-refractivity contribution in [3.63, 3.8) is 0 Å². The molecule has 3 aromatic carbocycles. The molecule has 0 saturated carbocycles. The van der Waals surface area contributed by atoms with Crippen molar-refractivity contribution in [2.24, 2.45) is 0 Å². The van der Waals surface area contributed by atoms with Crippen molar-refractivity contribution >= 4 is 28.8 Å². The molecule has 192 valence electrons. The number of halogens is 1. The molecular formula is C31H28FN3O3. The molecular weight excluding hydrogens is 481 g/mol. The van der Waals surface area contributed by atoms with Crippen molar-refractivity contribution in [3.8, 4) is 5.75 Å². The molecule has 2 aromatic heterocycles. The van der Waals surface area contributed by atoms with Gasteiger partial charge >= 0.3 is 0 Å². The fraction of sp³-hybridized carbons (Fsp3) is 0.161. The van der Waals surface area contributed by atoms with Crippen LogP contribution in [-0.2, 0) is 23.5 Å². The van der Waals surface area contributed by atoms with E-state index in [1.54, 1.807) is 50.5 Å². The lowest BCUT2D eigenvalue weighted by Crippen LogP contribution is -2.20. The first-order valence-corrected chi connectivity index (χ1v) is 12.3. The highest BCUT2D eigenvalue weighted by atomic mass is 19.1. The van der Waals surface area contributed by atoms with E-state index in [1.165, 1.54) is 17.0 Å². The number of benzene rings is 3. The summed E-state index contributed by atoms with van der Waals surface area (Å²) >= 11 is 0. The third-order valence-electron chi connectivity index (χ3n) is 6.44. The lowest BCUT2D eigenvalue weighted by Gasteiger charge is -2.22. The summed E-state index contributed by atoms with van der Waals surface area (Å²) in [4.78, 5) is 18.3. The molecule has 7 heteroatoms. The number of anilines is 2. The second kappa shape index (κ2) is 10.5. The largest absolute Gasteiger partial charge is 0.484 e. The summed E-state index contributed by atoms with van der Waals surface area (Å²) in [5.41, 5.74) is 2.77. The van der Waals surface area contributed by atoms with E-state index in [1.807, 2.05) is 53.1 Å². The van der Waals surface area contributed by atoms with Crippen molar-refractivity contribution in [1.82, 2.24) is 9.55 Å². The van der Waals surface area contributed by atoms with Gasteiger partial charge in [-0.05, 0) is 66.9 Å². The van der Waals surface area contributed by atoms with Gasteiger partial charge in [-0.1, -0.05) is 48.5 Å². The molecule has 1 N–H and O–H groups in total. The number of rotatable bonds is 9. The zero-order valence-corrected chi connectivity index (χ0v) is 21.2. The third kappa shape index (κ3) is 5.14. The van der Waals surface area contributed by atoms with Crippen LogP contribution in [0.3, 0.4) is 0 Å². The summed E-state index contributed by atoms with van der Waals surface area (Å²) in [6.45, 7) is 4.07. The van der Waals surface area contributed by atoms with Crippen LogP contribution in [0.4, 0.5) is 15.9 Å². The van der Waals surface area contributed by atoms with Crippen molar-refractivity contribution in [2.75, 3.05) is 4.90 Å². The van der Waals surface area contributed by atoms with Crippen molar-refractivity contribution in [3.05, 3.63) is 120 Å². The third-order valence-corrected chi connectivity index (χ3v) is 6.44. The Morgan fingerprint density at radius 2 is 1.76 bits per heavy atom. The highest BCUT2D eigenvalue weighted by Gasteiger charge is 2.27. The number of pyridine rings is 1. The standard InChI is InChI=1S/C31H28FN3O3/c1-31(2,37)24-12-15-27-28(17-24)34(19-22-10-13-25(32)14-11-22)30(35(21-36)26-9-6-16-33-18-26)29(27)38-20-23-7-4-3-5-8-23/h3-18,21,37H,19-20H2,1-2H3. The molecule has 1 amide bonds. The van der Waals surface area contributed by atoms with Gasteiger partial charge < -0.3 is 14.4 Å². The number of ether oxygens (including phenoxy) is 1. The van der Waals surface area contributed by atoms with E-state index in [4.69, 9.17) is 4.74 Å². The first-order chi connectivity index (χ1) is 18.3. The molecule has 5 aromatic rings. The molecule has 2 heterocycles. The Hall–Kier alpha value is -4.49. The van der Waals surface area contributed by atoms with Crippen LogP contribution in [-0.4, -0.2) is 21.1 Å². The molecule has 0 radical (unpaired) electrons. The molecule has 5 rings (SSSR count). The molecule has 0 bridgehead atoms. The number of hydrogen-bond donors (Lipinski definition) is 1. The highest BCUT2D eigenvalue weighted by molar-refractivity contribution is 6.00. The topological polar surface area (TPSA) is 67.6 Å². The van der Waals surface area contributed by atoms with Gasteiger partial charge in [-0.25, -0.2) is 4.39 Å². The minimum atomic E-state index is -1.09. The predicted molar refractivity (Wildman–Crippen MR) is 146 cm³/mol. The molecule has 6 nitrogen and oxygen atoms in total. The Balaban J connectivity index is 1.76. The maximum absolute atomic E-state index is 13.7. The lowest BCUT2D eigenvalue weighted by atomic mass is 9.97. The number of aliphatic hydroxyl groups is 1. The molecule has 0 atom stereocenters. The minimum absolute atomic E-state index is 0.288. The van der Waals surface area contributed by atoms with Crippen molar-refractivity contribution in [2.45, 2.75) is 32.6 Å². The van der Waals surface area contributed by atoms with Gasteiger partial charge in [0.05, 0.1) is 23.0 Å². The number of aromatic nitrogens is 2. The Morgan fingerprint density at radius 3 is 2.42 bits per heavy atom. The first-order valence-electron chi connectivity index (χ1n) is 12.3. The van der Waals surface area contributed by atoms with Crippen LogP contribution in [0.5, 0.6) is 5.75 Å². The quantitative estimate of drug-likeness (QED) is 0.236. The van der Waals surface area contributed by atoms with Crippen LogP contribution in [0, 0.1) is 5.82 Å². The van der Waals surface area contributed by atoms with Crippen molar-refractivity contribution in [1.29, 1.82) is 0 Å². The Morgan fingerprint density at radius 1 is 1.00 bits per heavy atom. The Bertz CT molecular complexity index is 1540. The van der Waals surface area contributed by atoms with Crippen LogP contribution < -0.4 is 9.64 Å². The number of nitrogens with zero attached hydrogens (tertiary/aromatic N) is 3. The van der Waals surface area contributed by atoms with E-state index in [9.17, 15) is 14.3 Å². The van der Waals surface area contributed by atoms with Crippen LogP contribution >= 0.6 is 0 Å². The van der Waals surface area contributed by atoms with E-state index < -0.39 is 5.60 Å². The van der Waals surface area contributed by atoms with E-state index >= 15 is 0 Å². The van der Waals surface area contributed by atoms with Gasteiger partial charge in [0.15, 0.2) is 11.6 Å². The fourth-order valence-corrected chi connectivity index (χ4v) is 4.46. The molecule has 0 aliphatic rings. The van der Waals surface area contributed by atoms with Crippen LogP contribution in [0.1, 0.15) is 30.5 Å². The van der Waals surface area contributed by atoms with Gasteiger partial charge in [0.2, 0.25) is 6.41 Å². The molecule has 0 spiro atoms. The summed E-state index contributed by atoms with van der Waals surface area (Å²) in [6.07, 6.45) is 3.99. The second-order valence-corrected chi connectivity index (χ2v) is 9.62. The fourth-order valence-electron chi connectivity index (χ4n) is 4.46. The zero-order valence-electron chi connectivity index (χ0n) is 21.2. The molecule has 38 heavy (non-hydrogen) atoms. The average molecular weight is 510 g/mol. The van der Waals surface area contributed by atoms with Crippen LogP contribution in [0.25, 0.3) is 10.9 Å². The van der Waals surface area contributed by atoms with E-state index in [0.717, 1.165) is 28.4 Å². The van der Waals surface area contributed by atoms with E-state index in [2.05, 4.69) is 4.98 Å². The normalized spacial score (nSPS) is 11.5. The molecule has 0 fully saturated rings. The summed E-state index contributed by atoms with van der Waals surface area (Å²) in [5.74, 6) is 0.702. The van der Waals surface area contributed by atoms with Crippen LogP contribution in [0.2, 0.25) is 0 Å². The summed E-state index contributed by atoms with van der Waals surface area (Å²) in [6, 6.07) is 25.3. The molecule has 0 unspecified atom stereocenters. The highest BCUT2D eigenvalue weighted by Crippen LogP contribution is 2.44. The van der Waals surface area contributed by atoms with Gasteiger partial charge in [-0.2, -0.15) is 0 Å². The number of carbonyl (C=O) groups is 1. The summed E-state index contributed by atoms with van der Waals surface area (Å²) in [7, 11) is 0. The van der Waals surface area contributed by atoms with Crippen LogP contribution in [0.15, 0.2) is 97.3 Å². The Kier molecular flexibility index (Phi) is 6.94.